The number of hydrogen-bond donors (Lipinski definition) is 0. The molecule has 0 amide bonds. The molecule has 2 aliphatic rings. The van der Waals surface area contributed by atoms with Crippen LogP contribution in [0.5, 0.6) is 0 Å². The molecule has 2 aliphatic heterocycles. The number of nitrogens with zero attached hydrogens (tertiary/aromatic N) is 1. The van der Waals surface area contributed by atoms with E-state index in [2.05, 4.69) is 48.6 Å². The highest BCUT2D eigenvalue weighted by molar-refractivity contribution is 9.10. The summed E-state index contributed by atoms with van der Waals surface area (Å²) in [6, 6.07) is 3.96. The van der Waals surface area contributed by atoms with Gasteiger partial charge in [0, 0.05) is 13.7 Å². The topological polar surface area (TPSA) is 49.8 Å². The van der Waals surface area contributed by atoms with Crippen molar-refractivity contribution in [1.29, 1.82) is 0 Å². The van der Waals surface area contributed by atoms with Gasteiger partial charge in [-0.1, -0.05) is 0 Å². The van der Waals surface area contributed by atoms with Crippen LogP contribution in [0.3, 0.4) is 0 Å². The first-order valence-corrected chi connectivity index (χ1v) is 9.15. The van der Waals surface area contributed by atoms with Crippen molar-refractivity contribution in [2.45, 2.75) is 57.3 Å². The monoisotopic (exact) mass is 397 g/mol. The smallest absolute Gasteiger partial charge is 0.399 e. The van der Waals surface area contributed by atoms with Crippen LogP contribution in [-0.4, -0.2) is 43.6 Å². The Morgan fingerprint density at radius 2 is 1.83 bits per heavy atom. The fourth-order valence-corrected chi connectivity index (χ4v) is 3.56. The molecule has 0 saturated carbocycles. The van der Waals surface area contributed by atoms with Crippen LogP contribution in [0, 0.1) is 0 Å². The SMILES string of the molecule is COC1(c2cc(B3OC(C)(C)C(C)(C)O3)cc(Br)n2)CCCOC1. The van der Waals surface area contributed by atoms with Crippen molar-refractivity contribution in [2.24, 2.45) is 0 Å². The van der Waals surface area contributed by atoms with E-state index in [1.165, 1.54) is 0 Å². The summed E-state index contributed by atoms with van der Waals surface area (Å²) < 4.78 is 24.6. The minimum atomic E-state index is -0.513. The fourth-order valence-electron chi connectivity index (χ4n) is 3.10. The summed E-state index contributed by atoms with van der Waals surface area (Å²) in [5, 5.41) is 0. The zero-order valence-corrected chi connectivity index (χ0v) is 16.6. The van der Waals surface area contributed by atoms with E-state index in [0.717, 1.165) is 35.2 Å². The Balaban J connectivity index is 1.96. The van der Waals surface area contributed by atoms with Gasteiger partial charge in [0.2, 0.25) is 0 Å². The van der Waals surface area contributed by atoms with Gasteiger partial charge in [-0.25, -0.2) is 4.98 Å². The maximum Gasteiger partial charge on any atom is 0.494 e. The van der Waals surface area contributed by atoms with Crippen LogP contribution in [0.25, 0.3) is 0 Å². The molecule has 2 fully saturated rings. The summed E-state index contributed by atoms with van der Waals surface area (Å²) in [4.78, 5) is 4.65. The molecule has 0 N–H and O–H groups in total. The second-order valence-corrected chi connectivity index (χ2v) is 8.36. The summed E-state index contributed by atoms with van der Waals surface area (Å²) in [5.41, 5.74) is 0.526. The molecule has 0 aromatic carbocycles. The van der Waals surface area contributed by atoms with E-state index >= 15 is 0 Å². The van der Waals surface area contributed by atoms with E-state index in [9.17, 15) is 0 Å². The molecule has 3 heterocycles. The Morgan fingerprint density at radius 1 is 1.17 bits per heavy atom. The molecule has 24 heavy (non-hydrogen) atoms. The number of methoxy groups -OCH3 is 1. The predicted molar refractivity (Wildman–Crippen MR) is 96.4 cm³/mol. The van der Waals surface area contributed by atoms with Gasteiger partial charge in [0.25, 0.3) is 0 Å². The quantitative estimate of drug-likeness (QED) is 0.579. The second kappa shape index (κ2) is 6.36. The van der Waals surface area contributed by atoms with Crippen LogP contribution in [-0.2, 0) is 24.4 Å². The van der Waals surface area contributed by atoms with Crippen LogP contribution in [0.15, 0.2) is 16.7 Å². The lowest BCUT2D eigenvalue weighted by Crippen LogP contribution is -2.41. The number of hydrogen-bond acceptors (Lipinski definition) is 5. The molecule has 0 bridgehead atoms. The number of halogens is 1. The Kier molecular flexibility index (Phi) is 4.86. The van der Waals surface area contributed by atoms with Gasteiger partial charge < -0.3 is 18.8 Å². The fraction of sp³-hybridized carbons (Fsp3) is 0.706. The molecule has 1 aromatic heterocycles. The zero-order chi connectivity index (χ0) is 17.6. The van der Waals surface area contributed by atoms with E-state index in [0.29, 0.717) is 6.61 Å². The van der Waals surface area contributed by atoms with E-state index < -0.39 is 12.7 Å². The molecular formula is C17H25BBrNO4. The lowest BCUT2D eigenvalue weighted by atomic mass is 9.78. The first kappa shape index (κ1) is 18.3. The number of pyridine rings is 1. The van der Waals surface area contributed by atoms with Gasteiger partial charge >= 0.3 is 7.12 Å². The minimum absolute atomic E-state index is 0.375. The Bertz CT molecular complexity index is 601. The molecular weight excluding hydrogens is 373 g/mol. The summed E-state index contributed by atoms with van der Waals surface area (Å²) in [6.07, 6.45) is 1.84. The van der Waals surface area contributed by atoms with Crippen LogP contribution in [0.2, 0.25) is 0 Å². The molecule has 0 spiro atoms. The third-order valence-electron chi connectivity index (χ3n) is 5.40. The van der Waals surface area contributed by atoms with Crippen LogP contribution >= 0.6 is 15.9 Å². The van der Waals surface area contributed by atoms with Crippen LogP contribution in [0.4, 0.5) is 0 Å². The van der Waals surface area contributed by atoms with E-state index in [1.807, 2.05) is 12.1 Å². The van der Waals surface area contributed by atoms with Crippen molar-refractivity contribution < 1.29 is 18.8 Å². The molecule has 1 unspecified atom stereocenters. The average Bonchev–Trinajstić information content (AvgIpc) is 2.75. The van der Waals surface area contributed by atoms with Crippen LogP contribution < -0.4 is 5.46 Å². The van der Waals surface area contributed by atoms with E-state index in [1.54, 1.807) is 7.11 Å². The summed E-state index contributed by atoms with van der Waals surface area (Å²) in [6.45, 7) is 9.48. The maximum absolute atomic E-state index is 6.17. The van der Waals surface area contributed by atoms with Crippen LogP contribution in [0.1, 0.15) is 46.2 Å². The molecule has 5 nitrogen and oxygen atoms in total. The predicted octanol–water partition coefficient (Wildman–Crippen LogP) is 2.80. The van der Waals surface area contributed by atoms with Gasteiger partial charge in [-0.3, -0.25) is 0 Å². The number of ether oxygens (including phenoxy) is 2. The lowest BCUT2D eigenvalue weighted by Gasteiger charge is -2.35. The standard InChI is InChI=1S/C17H25BBrNO4/c1-15(2)16(3,4)24-18(23-15)12-9-13(20-14(19)10-12)17(21-5)7-6-8-22-11-17/h9-10H,6-8,11H2,1-5H3. The first-order valence-electron chi connectivity index (χ1n) is 8.36. The molecule has 0 radical (unpaired) electrons. The minimum Gasteiger partial charge on any atom is -0.399 e. The van der Waals surface area contributed by atoms with Gasteiger partial charge in [0.05, 0.1) is 23.5 Å². The second-order valence-electron chi connectivity index (χ2n) is 7.55. The maximum atomic E-state index is 6.17. The number of rotatable bonds is 3. The van der Waals surface area contributed by atoms with Crippen molar-refractivity contribution in [2.75, 3.05) is 20.3 Å². The molecule has 2 saturated heterocycles. The molecule has 132 valence electrons. The summed E-state index contributed by atoms with van der Waals surface area (Å²) >= 11 is 3.52. The molecule has 1 aromatic rings. The Labute approximate surface area is 152 Å². The third-order valence-corrected chi connectivity index (χ3v) is 5.81. The van der Waals surface area contributed by atoms with Crippen molar-refractivity contribution in [3.8, 4) is 0 Å². The van der Waals surface area contributed by atoms with E-state index in [-0.39, 0.29) is 11.2 Å². The Morgan fingerprint density at radius 3 is 2.38 bits per heavy atom. The summed E-state index contributed by atoms with van der Waals surface area (Å²) in [7, 11) is 1.29. The van der Waals surface area contributed by atoms with Crippen molar-refractivity contribution in [3.63, 3.8) is 0 Å². The van der Waals surface area contributed by atoms with Crippen molar-refractivity contribution in [3.05, 3.63) is 22.4 Å². The van der Waals surface area contributed by atoms with Crippen molar-refractivity contribution in [1.82, 2.24) is 4.98 Å². The zero-order valence-electron chi connectivity index (χ0n) is 15.0. The third kappa shape index (κ3) is 3.17. The van der Waals surface area contributed by atoms with Gasteiger partial charge in [0.15, 0.2) is 0 Å². The highest BCUT2D eigenvalue weighted by atomic mass is 79.9. The molecule has 0 aliphatic carbocycles. The van der Waals surface area contributed by atoms with E-state index in [4.69, 9.17) is 18.8 Å². The average molecular weight is 398 g/mol. The summed E-state index contributed by atoms with van der Waals surface area (Å²) in [5.74, 6) is 0. The highest BCUT2D eigenvalue weighted by Gasteiger charge is 2.52. The van der Waals surface area contributed by atoms with Gasteiger partial charge in [-0.2, -0.15) is 0 Å². The molecule has 7 heteroatoms. The molecule has 3 rings (SSSR count). The van der Waals surface area contributed by atoms with Gasteiger partial charge in [-0.15, -0.1) is 0 Å². The van der Waals surface area contributed by atoms with Crippen molar-refractivity contribution >= 4 is 28.5 Å². The largest absolute Gasteiger partial charge is 0.494 e. The normalized spacial score (nSPS) is 29.0. The molecule has 1 atom stereocenters. The highest BCUT2D eigenvalue weighted by Crippen LogP contribution is 2.37. The van der Waals surface area contributed by atoms with Gasteiger partial charge in [-0.05, 0) is 74.1 Å². The first-order chi connectivity index (χ1) is 11.2. The number of aromatic nitrogens is 1. The lowest BCUT2D eigenvalue weighted by molar-refractivity contribution is -0.117. The Hall–Kier alpha value is -0.465. The van der Waals surface area contributed by atoms with Gasteiger partial charge in [0.1, 0.15) is 10.2 Å².